The first-order valence-corrected chi connectivity index (χ1v) is 6.78. The second kappa shape index (κ2) is 3.58. The highest BCUT2D eigenvalue weighted by Crippen LogP contribution is 2.47. The summed E-state index contributed by atoms with van der Waals surface area (Å²) in [5.74, 6) is 1.56. The van der Waals surface area contributed by atoms with Gasteiger partial charge in [0, 0.05) is 11.0 Å². The van der Waals surface area contributed by atoms with Gasteiger partial charge in [-0.1, -0.05) is 6.58 Å². The molecule has 2 unspecified atom stereocenters. The zero-order valence-electron chi connectivity index (χ0n) is 8.98. The molecule has 5 atom stereocenters. The van der Waals surface area contributed by atoms with Crippen LogP contribution in [0.1, 0.15) is 12.8 Å². The van der Waals surface area contributed by atoms with Crippen LogP contribution in [0.15, 0.2) is 12.4 Å². The normalized spacial score (nSPS) is 45.5. The monoisotopic (exact) mass is 240 g/mol. The van der Waals surface area contributed by atoms with Crippen molar-refractivity contribution in [2.75, 3.05) is 5.75 Å². The predicted octanol–water partition coefficient (Wildman–Crippen LogP) is 0.614. The summed E-state index contributed by atoms with van der Waals surface area (Å²) in [5, 5.41) is 16.2. The number of carboxylic acid groups (broad SMARTS) is 1. The van der Waals surface area contributed by atoms with Crippen LogP contribution in [-0.4, -0.2) is 34.2 Å². The van der Waals surface area contributed by atoms with Crippen LogP contribution in [-0.2, 0) is 4.79 Å². The van der Waals surface area contributed by atoms with Crippen molar-refractivity contribution in [3.8, 4) is 0 Å². The lowest BCUT2D eigenvalue weighted by atomic mass is 9.70. The molecular formula is C11H16N2O2S. The van der Waals surface area contributed by atoms with Gasteiger partial charge in [-0.25, -0.2) is 0 Å². The number of thioether (sulfide) groups is 1. The first kappa shape index (κ1) is 10.3. The standard InChI is InChI=1S/C11H16N2O2S/c1-5-12-8-4-16-10(9(8)13-5)6-2-3-7(6)11(14)15/h6-10,12-13H,1-4H2,(H,14,15)/t6?,7?,8-,9-,10-/m0/s1. The zero-order chi connectivity index (χ0) is 11.3. The molecule has 2 aliphatic heterocycles. The fourth-order valence-corrected chi connectivity index (χ4v) is 4.81. The summed E-state index contributed by atoms with van der Waals surface area (Å²) in [4.78, 5) is 11.0. The molecule has 0 spiro atoms. The number of hydrogen-bond donors (Lipinski definition) is 3. The van der Waals surface area contributed by atoms with Gasteiger partial charge >= 0.3 is 5.97 Å². The third-order valence-electron chi connectivity index (χ3n) is 4.02. The smallest absolute Gasteiger partial charge is 0.306 e. The minimum Gasteiger partial charge on any atom is -0.481 e. The van der Waals surface area contributed by atoms with E-state index in [0.717, 1.165) is 24.4 Å². The fourth-order valence-electron chi connectivity index (χ4n) is 3.05. The first-order chi connectivity index (χ1) is 7.66. The molecule has 2 saturated heterocycles. The van der Waals surface area contributed by atoms with Gasteiger partial charge in [-0.15, -0.1) is 0 Å². The van der Waals surface area contributed by atoms with Crippen LogP contribution in [0.3, 0.4) is 0 Å². The molecule has 3 aliphatic rings. The van der Waals surface area contributed by atoms with E-state index in [1.807, 2.05) is 11.8 Å². The van der Waals surface area contributed by atoms with Crippen molar-refractivity contribution in [1.29, 1.82) is 0 Å². The van der Waals surface area contributed by atoms with E-state index in [4.69, 9.17) is 5.11 Å². The van der Waals surface area contributed by atoms with Crippen LogP contribution in [0, 0.1) is 11.8 Å². The Morgan fingerprint density at radius 1 is 1.44 bits per heavy atom. The Balaban J connectivity index is 1.72. The molecule has 0 bridgehead atoms. The molecule has 5 heteroatoms. The molecule has 3 rings (SSSR count). The summed E-state index contributed by atoms with van der Waals surface area (Å²) < 4.78 is 0. The molecular weight excluding hydrogens is 224 g/mol. The Morgan fingerprint density at radius 2 is 2.25 bits per heavy atom. The molecule has 3 N–H and O–H groups in total. The van der Waals surface area contributed by atoms with Crippen molar-refractivity contribution < 1.29 is 9.90 Å². The summed E-state index contributed by atoms with van der Waals surface area (Å²) in [5.41, 5.74) is 0. The number of hydrogen-bond acceptors (Lipinski definition) is 4. The number of carboxylic acids is 1. The molecule has 0 aromatic heterocycles. The molecule has 0 amide bonds. The van der Waals surface area contributed by atoms with Gasteiger partial charge in [-0.3, -0.25) is 4.79 Å². The van der Waals surface area contributed by atoms with E-state index < -0.39 is 5.97 Å². The van der Waals surface area contributed by atoms with Crippen LogP contribution in [0.5, 0.6) is 0 Å². The van der Waals surface area contributed by atoms with Gasteiger partial charge in [0.25, 0.3) is 0 Å². The van der Waals surface area contributed by atoms with E-state index in [-0.39, 0.29) is 5.92 Å². The maximum absolute atomic E-state index is 11.0. The van der Waals surface area contributed by atoms with Gasteiger partial charge < -0.3 is 15.7 Å². The molecule has 0 aromatic rings. The highest BCUT2D eigenvalue weighted by molar-refractivity contribution is 8.00. The Labute approximate surface area is 98.9 Å². The molecule has 88 valence electrons. The highest BCUT2D eigenvalue weighted by atomic mass is 32.2. The predicted molar refractivity (Wildman–Crippen MR) is 63.1 cm³/mol. The Hall–Kier alpha value is -0.840. The summed E-state index contributed by atoms with van der Waals surface area (Å²) in [7, 11) is 0. The largest absolute Gasteiger partial charge is 0.481 e. The van der Waals surface area contributed by atoms with Gasteiger partial charge in [-0.2, -0.15) is 11.8 Å². The summed E-state index contributed by atoms with van der Waals surface area (Å²) in [6.07, 6.45) is 1.91. The van der Waals surface area contributed by atoms with Crippen molar-refractivity contribution in [2.45, 2.75) is 30.2 Å². The summed E-state index contributed by atoms with van der Waals surface area (Å²) in [6, 6.07) is 0.821. The van der Waals surface area contributed by atoms with E-state index in [1.165, 1.54) is 0 Å². The second-order valence-electron chi connectivity index (χ2n) is 4.88. The van der Waals surface area contributed by atoms with Crippen molar-refractivity contribution in [3.05, 3.63) is 12.4 Å². The maximum Gasteiger partial charge on any atom is 0.306 e. The maximum atomic E-state index is 11.0. The molecule has 4 nitrogen and oxygen atoms in total. The lowest BCUT2D eigenvalue weighted by Gasteiger charge is -2.39. The molecule has 16 heavy (non-hydrogen) atoms. The zero-order valence-corrected chi connectivity index (χ0v) is 9.80. The van der Waals surface area contributed by atoms with Crippen molar-refractivity contribution in [3.63, 3.8) is 0 Å². The number of aliphatic carboxylic acids is 1. The second-order valence-corrected chi connectivity index (χ2v) is 6.09. The number of fused-ring (bicyclic) bond motifs is 1. The van der Waals surface area contributed by atoms with Crippen molar-refractivity contribution >= 4 is 17.7 Å². The van der Waals surface area contributed by atoms with Crippen molar-refractivity contribution in [1.82, 2.24) is 10.6 Å². The molecule has 1 aliphatic carbocycles. The first-order valence-electron chi connectivity index (χ1n) is 5.73. The molecule has 3 fully saturated rings. The van der Waals surface area contributed by atoms with Crippen LogP contribution in [0.4, 0.5) is 0 Å². The quantitative estimate of drug-likeness (QED) is 0.660. The Bertz CT molecular complexity index is 347. The van der Waals surface area contributed by atoms with Gasteiger partial charge in [0.05, 0.1) is 23.8 Å². The minimum atomic E-state index is -0.620. The Kier molecular flexibility index (Phi) is 2.31. The van der Waals surface area contributed by atoms with Crippen LogP contribution >= 0.6 is 11.8 Å². The van der Waals surface area contributed by atoms with E-state index in [1.54, 1.807) is 0 Å². The van der Waals surface area contributed by atoms with E-state index >= 15 is 0 Å². The lowest BCUT2D eigenvalue weighted by molar-refractivity contribution is -0.147. The van der Waals surface area contributed by atoms with E-state index in [9.17, 15) is 4.79 Å². The SMILES string of the molecule is C=C1N[C@H]2[C@H](CS[C@H]2C2CCC2C(=O)O)N1. The summed E-state index contributed by atoms with van der Waals surface area (Å²) in [6.45, 7) is 3.88. The van der Waals surface area contributed by atoms with Gasteiger partial charge in [0.1, 0.15) is 0 Å². The third kappa shape index (κ3) is 1.41. The molecule has 2 heterocycles. The number of nitrogens with one attached hydrogen (secondary N) is 2. The molecule has 0 aromatic carbocycles. The number of rotatable bonds is 2. The average Bonchev–Trinajstić information content (AvgIpc) is 2.63. The summed E-state index contributed by atoms with van der Waals surface area (Å²) >= 11 is 1.91. The lowest BCUT2D eigenvalue weighted by Crippen LogP contribution is -2.47. The van der Waals surface area contributed by atoms with E-state index in [0.29, 0.717) is 23.3 Å². The molecule has 0 radical (unpaired) electrons. The Morgan fingerprint density at radius 3 is 2.88 bits per heavy atom. The minimum absolute atomic E-state index is 0.119. The van der Waals surface area contributed by atoms with Gasteiger partial charge in [-0.05, 0) is 18.8 Å². The fraction of sp³-hybridized carbons (Fsp3) is 0.727. The van der Waals surface area contributed by atoms with Crippen LogP contribution in [0.25, 0.3) is 0 Å². The highest BCUT2D eigenvalue weighted by Gasteiger charge is 2.51. The van der Waals surface area contributed by atoms with E-state index in [2.05, 4.69) is 17.2 Å². The van der Waals surface area contributed by atoms with Crippen molar-refractivity contribution in [2.24, 2.45) is 11.8 Å². The average molecular weight is 240 g/mol. The number of carbonyl (C=O) groups is 1. The van der Waals surface area contributed by atoms with Crippen LogP contribution in [0.2, 0.25) is 0 Å². The van der Waals surface area contributed by atoms with Gasteiger partial charge in [0.2, 0.25) is 0 Å². The molecule has 1 saturated carbocycles. The van der Waals surface area contributed by atoms with Crippen LogP contribution < -0.4 is 10.6 Å². The van der Waals surface area contributed by atoms with Gasteiger partial charge in [0.15, 0.2) is 0 Å². The topological polar surface area (TPSA) is 61.4 Å². The third-order valence-corrected chi connectivity index (χ3v) is 5.60.